The Hall–Kier alpha value is -2.17. The first-order chi connectivity index (χ1) is 10.2. The minimum absolute atomic E-state index is 0.128. The number of aromatic nitrogens is 2. The molecular weight excluding hydrogens is 288 g/mol. The predicted molar refractivity (Wildman–Crippen MR) is 81.4 cm³/mol. The van der Waals surface area contributed by atoms with Crippen molar-refractivity contribution in [1.82, 2.24) is 9.97 Å². The SMILES string of the molecule is O[C@H](COc1ccc2ncncc2c1)c1ccccc1Cl. The van der Waals surface area contributed by atoms with Crippen molar-refractivity contribution in [3.8, 4) is 5.75 Å². The maximum atomic E-state index is 10.1. The minimum atomic E-state index is -0.776. The summed E-state index contributed by atoms with van der Waals surface area (Å²) in [5, 5.41) is 11.6. The molecule has 2 aromatic carbocycles. The summed E-state index contributed by atoms with van der Waals surface area (Å²) in [5.74, 6) is 0.656. The topological polar surface area (TPSA) is 55.2 Å². The maximum absolute atomic E-state index is 10.1. The molecule has 3 aromatic rings. The lowest BCUT2D eigenvalue weighted by Crippen LogP contribution is -2.10. The van der Waals surface area contributed by atoms with E-state index in [0.717, 1.165) is 10.9 Å². The number of ether oxygens (including phenoxy) is 1. The van der Waals surface area contributed by atoms with Crippen molar-refractivity contribution in [3.63, 3.8) is 0 Å². The van der Waals surface area contributed by atoms with E-state index < -0.39 is 6.10 Å². The fourth-order valence-electron chi connectivity index (χ4n) is 2.06. The standard InChI is InChI=1S/C16H13ClN2O2/c17-14-4-2-1-3-13(14)16(20)9-21-12-5-6-15-11(7-12)8-18-10-19-15/h1-8,10,16,20H,9H2/t16-/m1/s1. The van der Waals surface area contributed by atoms with Crippen LogP contribution in [0.5, 0.6) is 5.75 Å². The summed E-state index contributed by atoms with van der Waals surface area (Å²) in [6.45, 7) is 0.128. The minimum Gasteiger partial charge on any atom is -0.491 e. The second kappa shape index (κ2) is 6.08. The van der Waals surface area contributed by atoms with Crippen LogP contribution >= 0.6 is 11.6 Å². The summed E-state index contributed by atoms with van der Waals surface area (Å²) in [7, 11) is 0. The van der Waals surface area contributed by atoms with Crippen molar-refractivity contribution in [2.45, 2.75) is 6.10 Å². The summed E-state index contributed by atoms with van der Waals surface area (Å²) >= 11 is 6.05. The van der Waals surface area contributed by atoms with Crippen molar-refractivity contribution in [1.29, 1.82) is 0 Å². The molecule has 106 valence electrons. The molecule has 0 radical (unpaired) electrons. The molecule has 1 atom stereocenters. The lowest BCUT2D eigenvalue weighted by atomic mass is 10.1. The van der Waals surface area contributed by atoms with Crippen LogP contribution in [0.25, 0.3) is 10.9 Å². The molecule has 0 unspecified atom stereocenters. The van der Waals surface area contributed by atoms with E-state index in [-0.39, 0.29) is 6.61 Å². The highest BCUT2D eigenvalue weighted by atomic mass is 35.5. The van der Waals surface area contributed by atoms with E-state index in [1.807, 2.05) is 30.3 Å². The zero-order valence-corrected chi connectivity index (χ0v) is 11.9. The van der Waals surface area contributed by atoms with Gasteiger partial charge in [0, 0.05) is 22.2 Å². The number of nitrogens with zero attached hydrogens (tertiary/aromatic N) is 2. The normalized spacial score (nSPS) is 12.3. The predicted octanol–water partition coefficient (Wildman–Crippen LogP) is 3.40. The van der Waals surface area contributed by atoms with Crippen LogP contribution in [0, 0.1) is 0 Å². The molecule has 0 fully saturated rings. The Morgan fingerprint density at radius 3 is 2.90 bits per heavy atom. The molecule has 0 aliphatic carbocycles. The second-order valence-corrected chi connectivity index (χ2v) is 5.00. The van der Waals surface area contributed by atoms with Gasteiger partial charge in [-0.1, -0.05) is 29.8 Å². The van der Waals surface area contributed by atoms with E-state index in [1.54, 1.807) is 18.3 Å². The van der Waals surface area contributed by atoms with Gasteiger partial charge >= 0.3 is 0 Å². The summed E-state index contributed by atoms with van der Waals surface area (Å²) < 4.78 is 5.62. The summed E-state index contributed by atoms with van der Waals surface area (Å²) in [6.07, 6.45) is 2.45. The molecule has 4 nitrogen and oxygen atoms in total. The summed E-state index contributed by atoms with van der Waals surface area (Å²) in [5.41, 5.74) is 1.51. The van der Waals surface area contributed by atoms with Gasteiger partial charge in [0.2, 0.25) is 0 Å². The van der Waals surface area contributed by atoms with Crippen molar-refractivity contribution < 1.29 is 9.84 Å². The first-order valence-corrected chi connectivity index (χ1v) is 6.87. The average Bonchev–Trinajstić information content (AvgIpc) is 2.53. The van der Waals surface area contributed by atoms with Crippen LogP contribution in [0.1, 0.15) is 11.7 Å². The van der Waals surface area contributed by atoms with Crippen molar-refractivity contribution in [2.24, 2.45) is 0 Å². The van der Waals surface area contributed by atoms with Crippen LogP contribution in [0.15, 0.2) is 55.0 Å². The van der Waals surface area contributed by atoms with E-state index in [4.69, 9.17) is 16.3 Å². The van der Waals surface area contributed by atoms with Crippen LogP contribution < -0.4 is 4.74 Å². The molecule has 0 saturated heterocycles. The Balaban J connectivity index is 1.73. The molecule has 3 rings (SSSR count). The lowest BCUT2D eigenvalue weighted by molar-refractivity contribution is 0.108. The van der Waals surface area contributed by atoms with Crippen LogP contribution in [0.2, 0.25) is 5.02 Å². The Morgan fingerprint density at radius 1 is 1.19 bits per heavy atom. The Bertz CT molecular complexity index is 764. The van der Waals surface area contributed by atoms with Gasteiger partial charge in [-0.25, -0.2) is 9.97 Å². The summed E-state index contributed by atoms with van der Waals surface area (Å²) in [6, 6.07) is 12.7. The van der Waals surface area contributed by atoms with Crippen LogP contribution in [0.3, 0.4) is 0 Å². The molecule has 0 spiro atoms. The molecule has 21 heavy (non-hydrogen) atoms. The number of aliphatic hydroxyl groups is 1. The van der Waals surface area contributed by atoms with Gasteiger partial charge in [-0.15, -0.1) is 0 Å². The summed E-state index contributed by atoms with van der Waals surface area (Å²) in [4.78, 5) is 8.12. The number of aliphatic hydroxyl groups excluding tert-OH is 1. The zero-order valence-electron chi connectivity index (χ0n) is 11.1. The molecule has 0 aliphatic heterocycles. The number of hydrogen-bond donors (Lipinski definition) is 1. The molecular formula is C16H13ClN2O2. The highest BCUT2D eigenvalue weighted by molar-refractivity contribution is 6.31. The zero-order chi connectivity index (χ0) is 14.7. The molecule has 1 aromatic heterocycles. The molecule has 0 bridgehead atoms. The fraction of sp³-hybridized carbons (Fsp3) is 0.125. The molecule has 0 amide bonds. The van der Waals surface area contributed by atoms with Gasteiger partial charge < -0.3 is 9.84 Å². The van der Waals surface area contributed by atoms with Crippen molar-refractivity contribution in [3.05, 3.63) is 65.6 Å². The first kappa shape index (κ1) is 13.8. The largest absolute Gasteiger partial charge is 0.491 e. The Morgan fingerprint density at radius 2 is 2.05 bits per heavy atom. The van der Waals surface area contributed by atoms with E-state index in [2.05, 4.69) is 9.97 Å². The van der Waals surface area contributed by atoms with Gasteiger partial charge in [0.1, 0.15) is 24.8 Å². The number of halogens is 1. The van der Waals surface area contributed by atoms with Crippen LogP contribution in [0.4, 0.5) is 0 Å². The van der Waals surface area contributed by atoms with Gasteiger partial charge in [0.25, 0.3) is 0 Å². The fourth-order valence-corrected chi connectivity index (χ4v) is 2.32. The highest BCUT2D eigenvalue weighted by Gasteiger charge is 2.12. The van der Waals surface area contributed by atoms with Crippen molar-refractivity contribution >= 4 is 22.5 Å². The maximum Gasteiger partial charge on any atom is 0.120 e. The number of benzene rings is 2. The van der Waals surface area contributed by atoms with Crippen LogP contribution in [-0.4, -0.2) is 21.7 Å². The van der Waals surface area contributed by atoms with E-state index in [9.17, 15) is 5.11 Å². The van der Waals surface area contributed by atoms with Gasteiger partial charge in [-0.05, 0) is 24.3 Å². The second-order valence-electron chi connectivity index (χ2n) is 4.59. The number of rotatable bonds is 4. The molecule has 5 heteroatoms. The molecule has 0 aliphatic rings. The first-order valence-electron chi connectivity index (χ1n) is 6.49. The van der Waals surface area contributed by atoms with E-state index in [1.165, 1.54) is 6.33 Å². The monoisotopic (exact) mass is 300 g/mol. The number of fused-ring (bicyclic) bond motifs is 1. The van der Waals surface area contributed by atoms with Gasteiger partial charge in [-0.3, -0.25) is 0 Å². The quantitative estimate of drug-likeness (QED) is 0.802. The third-order valence-electron chi connectivity index (χ3n) is 3.15. The molecule has 1 N–H and O–H groups in total. The van der Waals surface area contributed by atoms with Crippen molar-refractivity contribution in [2.75, 3.05) is 6.61 Å². The van der Waals surface area contributed by atoms with Gasteiger partial charge in [0.15, 0.2) is 0 Å². The highest BCUT2D eigenvalue weighted by Crippen LogP contribution is 2.24. The van der Waals surface area contributed by atoms with E-state index >= 15 is 0 Å². The Kier molecular flexibility index (Phi) is 3.99. The molecule has 1 heterocycles. The van der Waals surface area contributed by atoms with Gasteiger partial charge in [-0.2, -0.15) is 0 Å². The van der Waals surface area contributed by atoms with E-state index in [0.29, 0.717) is 16.3 Å². The Labute approximate surface area is 127 Å². The van der Waals surface area contributed by atoms with Gasteiger partial charge in [0.05, 0.1) is 5.52 Å². The third kappa shape index (κ3) is 3.12. The smallest absolute Gasteiger partial charge is 0.120 e. The lowest BCUT2D eigenvalue weighted by Gasteiger charge is -2.14. The van der Waals surface area contributed by atoms with Crippen LogP contribution in [-0.2, 0) is 0 Å². The average molecular weight is 301 g/mol. The number of hydrogen-bond acceptors (Lipinski definition) is 4. The molecule has 0 saturated carbocycles. The third-order valence-corrected chi connectivity index (χ3v) is 3.49.